The van der Waals surface area contributed by atoms with Crippen LogP contribution in [0.1, 0.15) is 36.6 Å². The molecule has 1 fully saturated rings. The van der Waals surface area contributed by atoms with Gasteiger partial charge in [-0.1, -0.05) is 5.92 Å². The molecule has 8 nitrogen and oxygen atoms in total. The Balaban J connectivity index is 1.38. The summed E-state index contributed by atoms with van der Waals surface area (Å²) in [5, 5.41) is 21.7. The smallest absolute Gasteiger partial charge is 0.308 e. The van der Waals surface area contributed by atoms with Gasteiger partial charge in [-0.3, -0.25) is 14.7 Å². The van der Waals surface area contributed by atoms with Gasteiger partial charge in [0.2, 0.25) is 0 Å². The number of carboxylic acids is 1. The zero-order chi connectivity index (χ0) is 24.1. The van der Waals surface area contributed by atoms with E-state index in [9.17, 15) is 15.0 Å². The first-order valence-corrected chi connectivity index (χ1v) is 11.5. The molecular formula is C26H30N4O4. The van der Waals surface area contributed by atoms with Crippen LogP contribution in [0.25, 0.3) is 10.9 Å². The number of benzene rings is 1. The molecule has 8 heteroatoms. The van der Waals surface area contributed by atoms with E-state index in [1.165, 1.54) is 0 Å². The first kappa shape index (κ1) is 23.7. The lowest BCUT2D eigenvalue weighted by atomic mass is 9.81. The van der Waals surface area contributed by atoms with Gasteiger partial charge in [0, 0.05) is 25.2 Å². The average molecular weight is 463 g/mol. The van der Waals surface area contributed by atoms with Crippen LogP contribution in [0.2, 0.25) is 0 Å². The number of aryl methyl sites for hydroxylation is 1. The highest BCUT2D eigenvalue weighted by atomic mass is 16.5. The van der Waals surface area contributed by atoms with Crippen molar-refractivity contribution in [1.82, 2.24) is 19.4 Å². The summed E-state index contributed by atoms with van der Waals surface area (Å²) in [6.07, 6.45) is 6.31. The number of likely N-dealkylation sites (tertiary alicyclic amines) is 1. The third-order valence-electron chi connectivity index (χ3n) is 6.65. The average Bonchev–Trinajstić information content (AvgIpc) is 3.26. The van der Waals surface area contributed by atoms with Crippen molar-refractivity contribution < 1.29 is 19.7 Å². The van der Waals surface area contributed by atoms with Crippen LogP contribution in [0.15, 0.2) is 43.0 Å². The van der Waals surface area contributed by atoms with Gasteiger partial charge in [0.15, 0.2) is 0 Å². The summed E-state index contributed by atoms with van der Waals surface area (Å²) in [5.74, 6) is 5.68. The number of nitrogens with zero attached hydrogens (tertiary/aromatic N) is 4. The van der Waals surface area contributed by atoms with Gasteiger partial charge in [0.1, 0.15) is 11.4 Å². The number of hydrogen-bond donors (Lipinski definition) is 2. The van der Waals surface area contributed by atoms with Crippen molar-refractivity contribution >= 4 is 16.9 Å². The summed E-state index contributed by atoms with van der Waals surface area (Å²) in [7, 11) is 3.50. The minimum absolute atomic E-state index is 0.0103. The summed E-state index contributed by atoms with van der Waals surface area (Å²) in [4.78, 5) is 22.5. The topological polar surface area (TPSA) is 101 Å². The molecule has 3 aromatic rings. The van der Waals surface area contributed by atoms with Crippen molar-refractivity contribution in [3.63, 3.8) is 0 Å². The Hall–Kier alpha value is -3.41. The summed E-state index contributed by atoms with van der Waals surface area (Å²) in [6, 6.07) is 7.42. The van der Waals surface area contributed by atoms with Gasteiger partial charge in [-0.05, 0) is 67.5 Å². The van der Waals surface area contributed by atoms with Crippen LogP contribution in [0, 0.1) is 23.7 Å². The third-order valence-corrected chi connectivity index (χ3v) is 6.65. The Morgan fingerprint density at radius 2 is 2.21 bits per heavy atom. The fourth-order valence-corrected chi connectivity index (χ4v) is 4.65. The van der Waals surface area contributed by atoms with E-state index in [2.05, 4.69) is 26.7 Å². The second-order valence-corrected chi connectivity index (χ2v) is 8.80. The maximum atomic E-state index is 12.0. The van der Waals surface area contributed by atoms with E-state index in [1.54, 1.807) is 25.8 Å². The predicted octanol–water partition coefficient (Wildman–Crippen LogP) is 2.86. The largest absolute Gasteiger partial charge is 0.497 e. The maximum absolute atomic E-state index is 12.0. The fraction of sp³-hybridized carbons (Fsp3) is 0.423. The molecule has 1 aliphatic rings. The normalized spacial score (nSPS) is 19.4. The lowest BCUT2D eigenvalue weighted by molar-refractivity contribution is -0.146. The zero-order valence-corrected chi connectivity index (χ0v) is 19.5. The van der Waals surface area contributed by atoms with Crippen molar-refractivity contribution in [2.75, 3.05) is 26.7 Å². The van der Waals surface area contributed by atoms with Crippen LogP contribution in [0.5, 0.6) is 5.75 Å². The van der Waals surface area contributed by atoms with Crippen molar-refractivity contribution in [3.8, 4) is 17.6 Å². The predicted molar refractivity (Wildman–Crippen MR) is 128 cm³/mol. The monoisotopic (exact) mass is 462 g/mol. The van der Waals surface area contributed by atoms with Crippen LogP contribution >= 0.6 is 0 Å². The number of ether oxygens (including phenoxy) is 1. The van der Waals surface area contributed by atoms with Gasteiger partial charge in [-0.15, -0.1) is 0 Å². The highest BCUT2D eigenvalue weighted by Crippen LogP contribution is 2.33. The fourth-order valence-electron chi connectivity index (χ4n) is 4.65. The van der Waals surface area contributed by atoms with Crippen LogP contribution in [0.4, 0.5) is 0 Å². The minimum atomic E-state index is -0.789. The molecule has 0 aliphatic carbocycles. The molecule has 0 spiro atoms. The zero-order valence-electron chi connectivity index (χ0n) is 19.5. The van der Waals surface area contributed by atoms with E-state index < -0.39 is 18.0 Å². The highest BCUT2D eigenvalue weighted by molar-refractivity contribution is 5.83. The molecule has 2 aromatic heterocycles. The quantitative estimate of drug-likeness (QED) is 0.521. The highest BCUT2D eigenvalue weighted by Gasteiger charge is 2.34. The number of carbonyl (C=O) groups is 1. The number of piperidine rings is 1. The molecule has 1 unspecified atom stereocenters. The SMILES string of the molecule is COc1ccc2nccc(C(O)CC[C@@H]3CCN(CC#Cc4cncn4C)C[C@@H]3C(=O)O)c2c1. The second-order valence-electron chi connectivity index (χ2n) is 8.80. The number of aliphatic hydroxyl groups is 1. The molecule has 178 valence electrons. The lowest BCUT2D eigenvalue weighted by Gasteiger charge is -2.36. The van der Waals surface area contributed by atoms with Crippen LogP contribution in [0.3, 0.4) is 0 Å². The number of pyridine rings is 1. The molecule has 1 aromatic carbocycles. The number of aromatic nitrogens is 3. The number of aliphatic hydroxyl groups excluding tert-OH is 1. The molecule has 1 aliphatic heterocycles. The summed E-state index contributed by atoms with van der Waals surface area (Å²) in [6.45, 7) is 1.78. The van der Waals surface area contributed by atoms with Crippen molar-refractivity contribution in [1.29, 1.82) is 0 Å². The first-order valence-electron chi connectivity index (χ1n) is 11.5. The molecule has 34 heavy (non-hydrogen) atoms. The Bertz CT molecular complexity index is 1210. The van der Waals surface area contributed by atoms with Gasteiger partial charge in [-0.2, -0.15) is 0 Å². The Morgan fingerprint density at radius 1 is 1.35 bits per heavy atom. The number of fused-ring (bicyclic) bond motifs is 1. The molecule has 2 N–H and O–H groups in total. The van der Waals surface area contributed by atoms with Crippen LogP contribution < -0.4 is 4.74 Å². The number of carboxylic acid groups (broad SMARTS) is 1. The molecule has 4 rings (SSSR count). The number of rotatable bonds is 7. The van der Waals surface area contributed by atoms with E-state index in [0.717, 1.165) is 35.1 Å². The van der Waals surface area contributed by atoms with Gasteiger partial charge >= 0.3 is 5.97 Å². The van der Waals surface area contributed by atoms with E-state index in [0.29, 0.717) is 31.7 Å². The van der Waals surface area contributed by atoms with E-state index >= 15 is 0 Å². The molecule has 0 amide bonds. The van der Waals surface area contributed by atoms with E-state index in [-0.39, 0.29) is 5.92 Å². The van der Waals surface area contributed by atoms with Gasteiger partial charge < -0.3 is 19.5 Å². The molecular weight excluding hydrogens is 432 g/mol. The van der Waals surface area contributed by atoms with Gasteiger partial charge in [0.25, 0.3) is 0 Å². The number of aliphatic carboxylic acids is 1. The molecule has 0 bridgehead atoms. The second kappa shape index (κ2) is 10.7. The number of imidazole rings is 1. The molecule has 3 atom stereocenters. The van der Waals surface area contributed by atoms with Crippen molar-refractivity contribution in [3.05, 3.63) is 54.2 Å². The lowest BCUT2D eigenvalue weighted by Crippen LogP contribution is -2.44. The van der Waals surface area contributed by atoms with Crippen LogP contribution in [-0.4, -0.2) is 62.4 Å². The maximum Gasteiger partial charge on any atom is 0.308 e. The molecule has 1 saturated heterocycles. The summed E-state index contributed by atoms with van der Waals surface area (Å²) >= 11 is 0. The van der Waals surface area contributed by atoms with Crippen LogP contribution in [-0.2, 0) is 11.8 Å². The first-order chi connectivity index (χ1) is 16.5. The van der Waals surface area contributed by atoms with Crippen molar-refractivity contribution in [2.45, 2.75) is 25.4 Å². The van der Waals surface area contributed by atoms with E-state index in [1.807, 2.05) is 35.9 Å². The number of hydrogen-bond acceptors (Lipinski definition) is 6. The molecule has 3 heterocycles. The summed E-state index contributed by atoms with van der Waals surface area (Å²) < 4.78 is 7.18. The molecule has 0 saturated carbocycles. The van der Waals surface area contributed by atoms with Crippen molar-refractivity contribution in [2.24, 2.45) is 18.9 Å². The molecule has 0 radical (unpaired) electrons. The third kappa shape index (κ3) is 5.38. The van der Waals surface area contributed by atoms with Gasteiger partial charge in [0.05, 0.1) is 43.7 Å². The summed E-state index contributed by atoms with van der Waals surface area (Å²) in [5.41, 5.74) is 2.42. The van der Waals surface area contributed by atoms with Gasteiger partial charge in [-0.25, -0.2) is 4.98 Å². The minimum Gasteiger partial charge on any atom is -0.497 e. The Kier molecular flexibility index (Phi) is 7.46. The standard InChI is InChI=1S/C26H30N4O4/c1-29-17-27-15-19(29)4-3-12-30-13-10-18(23(16-30)26(32)33)5-8-25(31)21-9-11-28-24-7-6-20(34-2)14-22(21)24/h6-7,9,11,14-15,17-18,23,25,31H,5,8,10,12-13,16H2,1-2H3,(H,32,33)/t18-,23+,25?/m1/s1. The Labute approximate surface area is 199 Å². The number of methoxy groups -OCH3 is 1. The Morgan fingerprint density at radius 3 is 2.94 bits per heavy atom. The van der Waals surface area contributed by atoms with E-state index in [4.69, 9.17) is 4.74 Å².